The molecule has 1 fully saturated rings. The van der Waals surface area contributed by atoms with Gasteiger partial charge in [-0.15, -0.1) is 0 Å². The fourth-order valence-corrected chi connectivity index (χ4v) is 2.60. The number of para-hydroxylation sites is 1. The van der Waals surface area contributed by atoms with E-state index in [4.69, 9.17) is 5.11 Å². The highest BCUT2D eigenvalue weighted by molar-refractivity contribution is 5.94. The number of hydrogen-bond acceptors (Lipinski definition) is 3. The Labute approximate surface area is 121 Å². The molecule has 108 valence electrons. The topological polar surface area (TPSA) is 82.5 Å². The molecule has 2 aromatic rings. The molecule has 1 aromatic heterocycles. The second-order valence-electron chi connectivity index (χ2n) is 5.04. The number of fused-ring (bicyclic) bond motifs is 1. The predicted molar refractivity (Wildman–Crippen MR) is 78.1 cm³/mol. The first-order chi connectivity index (χ1) is 10.1. The molecule has 1 saturated heterocycles. The molecule has 0 aliphatic carbocycles. The number of nitrogens with zero attached hydrogens (tertiary/aromatic N) is 2. The smallest absolute Gasteiger partial charge is 0.326 e. The van der Waals surface area contributed by atoms with Gasteiger partial charge in [-0.3, -0.25) is 4.98 Å². The summed E-state index contributed by atoms with van der Waals surface area (Å²) in [6, 6.07) is 8.30. The lowest BCUT2D eigenvalue weighted by atomic mass is 10.2. The van der Waals surface area contributed by atoms with Crippen LogP contribution in [0, 0.1) is 0 Å². The average Bonchev–Trinajstić information content (AvgIpc) is 2.97. The van der Waals surface area contributed by atoms with Crippen molar-refractivity contribution in [2.24, 2.45) is 0 Å². The summed E-state index contributed by atoms with van der Waals surface area (Å²) in [7, 11) is 0. The first-order valence-corrected chi connectivity index (χ1v) is 6.80. The summed E-state index contributed by atoms with van der Waals surface area (Å²) in [5.41, 5.74) is 1.41. The number of carboxylic acid groups (broad SMARTS) is 1. The number of aliphatic carboxylic acids is 1. The number of carbonyl (C=O) groups is 2. The van der Waals surface area contributed by atoms with Crippen molar-refractivity contribution in [3.8, 4) is 0 Å². The third-order valence-electron chi connectivity index (χ3n) is 3.64. The monoisotopic (exact) mass is 285 g/mol. The van der Waals surface area contributed by atoms with Crippen LogP contribution < -0.4 is 5.32 Å². The Hall–Kier alpha value is -2.63. The molecule has 2 N–H and O–H groups in total. The molecule has 1 aromatic carbocycles. The molecule has 0 radical (unpaired) electrons. The van der Waals surface area contributed by atoms with Crippen LogP contribution in [0.25, 0.3) is 10.9 Å². The number of rotatable bonds is 2. The van der Waals surface area contributed by atoms with E-state index in [2.05, 4.69) is 10.3 Å². The van der Waals surface area contributed by atoms with E-state index in [9.17, 15) is 9.59 Å². The molecule has 1 aliphatic rings. The molecule has 0 unspecified atom stereocenters. The van der Waals surface area contributed by atoms with Crippen molar-refractivity contribution in [2.75, 3.05) is 11.9 Å². The van der Waals surface area contributed by atoms with Gasteiger partial charge >= 0.3 is 12.0 Å². The molecule has 0 saturated carbocycles. The van der Waals surface area contributed by atoms with Crippen molar-refractivity contribution in [2.45, 2.75) is 18.9 Å². The van der Waals surface area contributed by atoms with Crippen molar-refractivity contribution in [3.63, 3.8) is 0 Å². The van der Waals surface area contributed by atoms with Crippen LogP contribution in [0.5, 0.6) is 0 Å². The van der Waals surface area contributed by atoms with Gasteiger partial charge < -0.3 is 15.3 Å². The summed E-state index contributed by atoms with van der Waals surface area (Å²) in [4.78, 5) is 28.9. The number of aromatic nitrogens is 1. The quantitative estimate of drug-likeness (QED) is 0.887. The Morgan fingerprint density at radius 1 is 1.33 bits per heavy atom. The van der Waals surface area contributed by atoms with E-state index in [0.717, 1.165) is 10.9 Å². The van der Waals surface area contributed by atoms with Gasteiger partial charge in [-0.2, -0.15) is 0 Å². The van der Waals surface area contributed by atoms with E-state index < -0.39 is 18.0 Å². The second kappa shape index (κ2) is 5.40. The van der Waals surface area contributed by atoms with E-state index in [1.165, 1.54) is 4.90 Å². The average molecular weight is 285 g/mol. The van der Waals surface area contributed by atoms with Crippen LogP contribution in [0.15, 0.2) is 36.5 Å². The zero-order valence-electron chi connectivity index (χ0n) is 11.3. The Kier molecular flexibility index (Phi) is 3.43. The summed E-state index contributed by atoms with van der Waals surface area (Å²) < 4.78 is 0. The molecule has 2 amide bonds. The lowest BCUT2D eigenvalue weighted by Crippen LogP contribution is -2.42. The van der Waals surface area contributed by atoms with E-state index in [0.29, 0.717) is 25.1 Å². The van der Waals surface area contributed by atoms with Crippen molar-refractivity contribution < 1.29 is 14.7 Å². The normalized spacial score (nSPS) is 17.9. The van der Waals surface area contributed by atoms with Gasteiger partial charge in [-0.1, -0.05) is 18.2 Å². The Bertz CT molecular complexity index is 701. The lowest BCUT2D eigenvalue weighted by molar-refractivity contribution is -0.141. The molecule has 0 spiro atoms. The first kappa shape index (κ1) is 13.4. The maximum Gasteiger partial charge on any atom is 0.326 e. The molecular formula is C15H15N3O3. The van der Waals surface area contributed by atoms with Crippen molar-refractivity contribution in [1.29, 1.82) is 0 Å². The standard InChI is InChI=1S/C15H15N3O3/c19-14(20)13-6-3-7-18(13)15(21)17-11-8-10-4-1-2-5-12(10)16-9-11/h1-2,4-5,8-9,13H,3,6-7H2,(H,17,21)(H,19,20)/t13-/m1/s1. The van der Waals surface area contributed by atoms with Crippen LogP contribution in [-0.4, -0.2) is 39.6 Å². The molecule has 1 atom stereocenters. The molecule has 21 heavy (non-hydrogen) atoms. The number of pyridine rings is 1. The maximum absolute atomic E-state index is 12.2. The van der Waals surface area contributed by atoms with E-state index in [-0.39, 0.29) is 0 Å². The molecular weight excluding hydrogens is 270 g/mol. The highest BCUT2D eigenvalue weighted by Crippen LogP contribution is 2.20. The largest absolute Gasteiger partial charge is 0.480 e. The molecule has 1 aliphatic heterocycles. The molecule has 6 heteroatoms. The Morgan fingerprint density at radius 3 is 2.95 bits per heavy atom. The number of benzene rings is 1. The van der Waals surface area contributed by atoms with E-state index in [1.54, 1.807) is 6.20 Å². The first-order valence-electron chi connectivity index (χ1n) is 6.80. The van der Waals surface area contributed by atoms with E-state index >= 15 is 0 Å². The molecule has 2 heterocycles. The minimum Gasteiger partial charge on any atom is -0.480 e. The zero-order chi connectivity index (χ0) is 14.8. The maximum atomic E-state index is 12.2. The van der Waals surface area contributed by atoms with Gasteiger partial charge in [0.1, 0.15) is 6.04 Å². The van der Waals surface area contributed by atoms with Gasteiger partial charge in [0.05, 0.1) is 17.4 Å². The fourth-order valence-electron chi connectivity index (χ4n) is 2.60. The van der Waals surface area contributed by atoms with Crippen LogP contribution in [0.4, 0.5) is 10.5 Å². The number of amides is 2. The van der Waals surface area contributed by atoms with E-state index in [1.807, 2.05) is 30.3 Å². The summed E-state index contributed by atoms with van der Waals surface area (Å²) in [6.07, 6.45) is 2.78. The number of carboxylic acids is 1. The Balaban J connectivity index is 1.78. The SMILES string of the molecule is O=C(O)[C@H]1CCCN1C(=O)Nc1cnc2ccccc2c1. The van der Waals surface area contributed by atoms with Crippen LogP contribution in [0.3, 0.4) is 0 Å². The summed E-state index contributed by atoms with van der Waals surface area (Å²) in [5.74, 6) is -0.959. The minimum absolute atomic E-state index is 0.392. The third kappa shape index (κ3) is 2.65. The number of anilines is 1. The zero-order valence-corrected chi connectivity index (χ0v) is 11.3. The lowest BCUT2D eigenvalue weighted by Gasteiger charge is -2.21. The van der Waals surface area contributed by atoms with Crippen molar-refractivity contribution >= 4 is 28.6 Å². The number of carbonyl (C=O) groups excluding carboxylic acids is 1. The van der Waals surface area contributed by atoms with Crippen molar-refractivity contribution in [1.82, 2.24) is 9.88 Å². The highest BCUT2D eigenvalue weighted by Gasteiger charge is 2.33. The third-order valence-corrected chi connectivity index (χ3v) is 3.64. The predicted octanol–water partition coefficient (Wildman–Crippen LogP) is 2.32. The molecule has 6 nitrogen and oxygen atoms in total. The fraction of sp³-hybridized carbons (Fsp3) is 0.267. The van der Waals surface area contributed by atoms with Crippen LogP contribution in [-0.2, 0) is 4.79 Å². The Morgan fingerprint density at radius 2 is 2.14 bits per heavy atom. The number of nitrogens with one attached hydrogen (secondary N) is 1. The molecule has 0 bridgehead atoms. The van der Waals surface area contributed by atoms with Gasteiger partial charge in [-0.05, 0) is 25.0 Å². The van der Waals surface area contributed by atoms with Gasteiger partial charge in [-0.25, -0.2) is 9.59 Å². The number of likely N-dealkylation sites (tertiary alicyclic amines) is 1. The van der Waals surface area contributed by atoms with Crippen molar-refractivity contribution in [3.05, 3.63) is 36.5 Å². The number of hydrogen-bond donors (Lipinski definition) is 2. The van der Waals surface area contributed by atoms with Crippen LogP contribution >= 0.6 is 0 Å². The van der Waals surface area contributed by atoms with Crippen LogP contribution in [0.2, 0.25) is 0 Å². The second-order valence-corrected chi connectivity index (χ2v) is 5.04. The highest BCUT2D eigenvalue weighted by atomic mass is 16.4. The molecule has 3 rings (SSSR count). The minimum atomic E-state index is -0.959. The summed E-state index contributed by atoms with van der Waals surface area (Å²) in [5, 5.41) is 12.8. The van der Waals surface area contributed by atoms with Gasteiger partial charge in [0.2, 0.25) is 0 Å². The summed E-state index contributed by atoms with van der Waals surface area (Å²) in [6.45, 7) is 0.462. The summed E-state index contributed by atoms with van der Waals surface area (Å²) >= 11 is 0. The number of urea groups is 1. The van der Waals surface area contributed by atoms with Gasteiger partial charge in [0, 0.05) is 11.9 Å². The van der Waals surface area contributed by atoms with Gasteiger partial charge in [0.15, 0.2) is 0 Å². The van der Waals surface area contributed by atoms with Crippen LogP contribution in [0.1, 0.15) is 12.8 Å². The van der Waals surface area contributed by atoms with Gasteiger partial charge in [0.25, 0.3) is 0 Å².